The van der Waals surface area contributed by atoms with Gasteiger partial charge in [0.05, 0.1) is 30.1 Å². The van der Waals surface area contributed by atoms with Crippen LogP contribution in [0.1, 0.15) is 51.4 Å². The molecular formula is C19H27N3O3. The highest BCUT2D eigenvalue weighted by atomic mass is 16.5. The lowest BCUT2D eigenvalue weighted by Gasteiger charge is -2.19. The van der Waals surface area contributed by atoms with Gasteiger partial charge in [-0.3, -0.25) is 14.2 Å². The molecule has 1 heterocycles. The first-order valence-electron chi connectivity index (χ1n) is 8.86. The lowest BCUT2D eigenvalue weighted by Crippen LogP contribution is -2.34. The monoisotopic (exact) mass is 345 g/mol. The van der Waals surface area contributed by atoms with Crippen LogP contribution in [0.25, 0.3) is 10.9 Å². The average Bonchev–Trinajstić information content (AvgIpc) is 2.61. The van der Waals surface area contributed by atoms with Gasteiger partial charge in [-0.25, -0.2) is 4.98 Å². The number of unbranched alkanes of at least 4 members (excludes halogenated alkanes) is 2. The van der Waals surface area contributed by atoms with Crippen molar-refractivity contribution in [2.45, 2.75) is 52.1 Å². The fraction of sp³-hybridized carbons (Fsp3) is 0.526. The first-order chi connectivity index (χ1) is 12.1. The number of aromatic nitrogens is 2. The largest absolute Gasteiger partial charge is 0.383 e. The van der Waals surface area contributed by atoms with Crippen LogP contribution < -0.4 is 10.9 Å². The number of carbonyl (C=O) groups excluding carboxylic acids is 1. The third-order valence-corrected chi connectivity index (χ3v) is 4.18. The van der Waals surface area contributed by atoms with Crippen LogP contribution in [0.15, 0.2) is 29.1 Å². The van der Waals surface area contributed by atoms with E-state index in [1.54, 1.807) is 17.7 Å². The molecule has 0 aliphatic rings. The normalized spacial score (nSPS) is 12.3. The average molecular weight is 345 g/mol. The van der Waals surface area contributed by atoms with Crippen LogP contribution in [-0.2, 0) is 16.1 Å². The fourth-order valence-electron chi connectivity index (χ4n) is 2.83. The van der Waals surface area contributed by atoms with Gasteiger partial charge in [-0.1, -0.05) is 31.9 Å². The van der Waals surface area contributed by atoms with E-state index in [0.29, 0.717) is 36.3 Å². The van der Waals surface area contributed by atoms with Crippen LogP contribution in [0.5, 0.6) is 0 Å². The zero-order valence-electron chi connectivity index (χ0n) is 15.2. The molecule has 0 saturated carbocycles. The predicted molar refractivity (Wildman–Crippen MR) is 98.6 cm³/mol. The lowest BCUT2D eigenvalue weighted by atomic mass is 10.2. The quantitative estimate of drug-likeness (QED) is 0.709. The van der Waals surface area contributed by atoms with E-state index in [-0.39, 0.29) is 17.5 Å². The van der Waals surface area contributed by atoms with Gasteiger partial charge >= 0.3 is 0 Å². The number of methoxy groups -OCH3 is 1. The molecule has 0 aliphatic heterocycles. The van der Waals surface area contributed by atoms with Gasteiger partial charge in [0.15, 0.2) is 0 Å². The molecule has 0 unspecified atom stereocenters. The number of fused-ring (bicyclic) bond motifs is 1. The van der Waals surface area contributed by atoms with Gasteiger partial charge in [-0.05, 0) is 25.5 Å². The minimum absolute atomic E-state index is 0.0124. The summed E-state index contributed by atoms with van der Waals surface area (Å²) in [4.78, 5) is 29.6. The maximum atomic E-state index is 12.8. The first-order valence-corrected chi connectivity index (χ1v) is 8.86. The summed E-state index contributed by atoms with van der Waals surface area (Å²) < 4.78 is 6.72. The van der Waals surface area contributed by atoms with E-state index in [9.17, 15) is 9.59 Å². The summed E-state index contributed by atoms with van der Waals surface area (Å²) in [6.45, 7) is 4.77. The molecule has 0 saturated heterocycles. The van der Waals surface area contributed by atoms with Gasteiger partial charge in [0.1, 0.15) is 5.82 Å². The van der Waals surface area contributed by atoms with Gasteiger partial charge in [-0.2, -0.15) is 0 Å². The van der Waals surface area contributed by atoms with Crippen molar-refractivity contribution in [3.63, 3.8) is 0 Å². The van der Waals surface area contributed by atoms with Crippen LogP contribution >= 0.6 is 0 Å². The Labute approximate surface area is 148 Å². The van der Waals surface area contributed by atoms with Crippen molar-refractivity contribution in [2.24, 2.45) is 0 Å². The number of ether oxygens (including phenoxy) is 1. The molecule has 1 aromatic heterocycles. The highest BCUT2D eigenvalue weighted by molar-refractivity contribution is 5.78. The summed E-state index contributed by atoms with van der Waals surface area (Å²) in [6, 6.07) is 6.92. The van der Waals surface area contributed by atoms with Crippen molar-refractivity contribution >= 4 is 16.8 Å². The molecule has 0 spiro atoms. The van der Waals surface area contributed by atoms with Crippen LogP contribution in [0.4, 0.5) is 0 Å². The molecule has 1 amide bonds. The third-order valence-electron chi connectivity index (χ3n) is 4.18. The number of rotatable bonds is 9. The van der Waals surface area contributed by atoms with E-state index >= 15 is 0 Å². The predicted octanol–water partition coefficient (Wildman–Crippen LogP) is 2.80. The molecule has 1 aromatic carbocycles. The maximum absolute atomic E-state index is 12.8. The van der Waals surface area contributed by atoms with E-state index in [2.05, 4.69) is 17.2 Å². The zero-order valence-corrected chi connectivity index (χ0v) is 15.2. The van der Waals surface area contributed by atoms with E-state index in [1.807, 2.05) is 25.1 Å². The molecule has 1 N–H and O–H groups in total. The second-order valence-corrected chi connectivity index (χ2v) is 6.18. The van der Waals surface area contributed by atoms with Crippen molar-refractivity contribution < 1.29 is 9.53 Å². The summed E-state index contributed by atoms with van der Waals surface area (Å²) in [7, 11) is 1.60. The molecule has 0 aliphatic carbocycles. The molecule has 6 nitrogen and oxygen atoms in total. The molecule has 6 heteroatoms. The Morgan fingerprint density at radius 1 is 1.32 bits per heavy atom. The van der Waals surface area contributed by atoms with Crippen molar-refractivity contribution in [3.05, 3.63) is 40.4 Å². The van der Waals surface area contributed by atoms with E-state index < -0.39 is 0 Å². The highest BCUT2D eigenvalue weighted by Gasteiger charge is 2.18. The van der Waals surface area contributed by atoms with Crippen molar-refractivity contribution in [1.29, 1.82) is 0 Å². The fourth-order valence-corrected chi connectivity index (χ4v) is 2.83. The lowest BCUT2D eigenvalue weighted by molar-refractivity contribution is -0.121. The molecule has 2 aromatic rings. The van der Waals surface area contributed by atoms with Gasteiger partial charge < -0.3 is 10.1 Å². The second-order valence-electron chi connectivity index (χ2n) is 6.18. The van der Waals surface area contributed by atoms with Gasteiger partial charge in [-0.15, -0.1) is 0 Å². The standard InChI is InChI=1S/C19H27N3O3/c1-4-5-6-11-17(23)20-14(2)18-21-16-10-8-7-9-15(16)19(24)22(18)12-13-25-3/h7-10,14H,4-6,11-13H2,1-3H3,(H,20,23)/t14-/m0/s1. The number of carbonyl (C=O) groups is 1. The van der Waals surface area contributed by atoms with Crippen LogP contribution in [0.3, 0.4) is 0 Å². The summed E-state index contributed by atoms with van der Waals surface area (Å²) in [5.41, 5.74) is 0.535. The third kappa shape index (κ3) is 4.89. The Balaban J connectivity index is 2.30. The van der Waals surface area contributed by atoms with Gasteiger partial charge in [0, 0.05) is 13.5 Å². The number of hydrogen-bond donors (Lipinski definition) is 1. The number of para-hydroxylation sites is 1. The van der Waals surface area contributed by atoms with Crippen LogP contribution in [-0.4, -0.2) is 29.2 Å². The maximum Gasteiger partial charge on any atom is 0.261 e. The molecule has 1 atom stereocenters. The number of benzene rings is 1. The van der Waals surface area contributed by atoms with Crippen molar-refractivity contribution in [3.8, 4) is 0 Å². The molecular weight excluding hydrogens is 318 g/mol. The van der Waals surface area contributed by atoms with Crippen LogP contribution in [0, 0.1) is 0 Å². The minimum Gasteiger partial charge on any atom is -0.383 e. The number of amides is 1. The first kappa shape index (κ1) is 19.1. The Kier molecular flexibility index (Phi) is 7.13. The number of nitrogens with one attached hydrogen (secondary N) is 1. The summed E-state index contributed by atoms with van der Waals surface area (Å²) in [6.07, 6.45) is 3.48. The second kappa shape index (κ2) is 9.32. The van der Waals surface area contributed by atoms with Gasteiger partial charge in [0.25, 0.3) is 5.56 Å². The Hall–Kier alpha value is -2.21. The molecule has 0 fully saturated rings. The number of hydrogen-bond acceptors (Lipinski definition) is 4. The molecule has 136 valence electrons. The SMILES string of the molecule is CCCCCC(=O)N[C@@H](C)c1nc2ccccc2c(=O)n1CCOC. The smallest absolute Gasteiger partial charge is 0.261 e. The van der Waals surface area contributed by atoms with Crippen LogP contribution in [0.2, 0.25) is 0 Å². The zero-order chi connectivity index (χ0) is 18.2. The molecule has 0 radical (unpaired) electrons. The Bertz CT molecular complexity index is 770. The van der Waals surface area contributed by atoms with E-state index in [0.717, 1.165) is 19.3 Å². The Morgan fingerprint density at radius 2 is 2.08 bits per heavy atom. The number of nitrogens with zero attached hydrogens (tertiary/aromatic N) is 2. The summed E-state index contributed by atoms with van der Waals surface area (Å²) in [5.74, 6) is 0.547. The van der Waals surface area contributed by atoms with E-state index in [4.69, 9.17) is 4.74 Å². The minimum atomic E-state index is -0.344. The summed E-state index contributed by atoms with van der Waals surface area (Å²) in [5, 5.41) is 3.53. The Morgan fingerprint density at radius 3 is 2.80 bits per heavy atom. The molecule has 25 heavy (non-hydrogen) atoms. The summed E-state index contributed by atoms with van der Waals surface area (Å²) >= 11 is 0. The van der Waals surface area contributed by atoms with Gasteiger partial charge in [0.2, 0.25) is 5.91 Å². The highest BCUT2D eigenvalue weighted by Crippen LogP contribution is 2.14. The molecule has 2 rings (SSSR count). The van der Waals surface area contributed by atoms with Crippen molar-refractivity contribution in [2.75, 3.05) is 13.7 Å². The van der Waals surface area contributed by atoms with E-state index in [1.165, 1.54) is 0 Å². The van der Waals surface area contributed by atoms with Crippen molar-refractivity contribution in [1.82, 2.24) is 14.9 Å². The topological polar surface area (TPSA) is 73.2 Å². The molecule has 0 bridgehead atoms.